The van der Waals surface area contributed by atoms with Crippen LogP contribution in [0.3, 0.4) is 0 Å². The molecule has 0 bridgehead atoms. The number of hydrogen-bond donors (Lipinski definition) is 0. The zero-order chi connectivity index (χ0) is 12.7. The van der Waals surface area contributed by atoms with E-state index in [0.29, 0.717) is 12.2 Å². The van der Waals surface area contributed by atoms with E-state index in [0.717, 1.165) is 11.1 Å². The average molecular weight is 230 g/mol. The van der Waals surface area contributed by atoms with Crippen LogP contribution in [0.4, 0.5) is 0 Å². The lowest BCUT2D eigenvalue weighted by atomic mass is 10.1. The summed E-state index contributed by atoms with van der Waals surface area (Å²) in [6.45, 7) is 5.94. The van der Waals surface area contributed by atoms with Gasteiger partial charge in [0.2, 0.25) is 0 Å². The minimum atomic E-state index is -0.256. The number of benzene rings is 1. The molecule has 0 unspecified atom stereocenters. The van der Waals surface area contributed by atoms with Gasteiger partial charge in [0.1, 0.15) is 0 Å². The largest absolute Gasteiger partial charge is 0.463 e. The number of ether oxygens (including phenoxy) is 1. The van der Waals surface area contributed by atoms with Gasteiger partial charge in [-0.2, -0.15) is 0 Å². The van der Waals surface area contributed by atoms with Crippen LogP contribution in [0, 0.1) is 0 Å². The van der Waals surface area contributed by atoms with E-state index in [1.165, 1.54) is 0 Å². The Labute approximate surface area is 103 Å². The van der Waals surface area contributed by atoms with Gasteiger partial charge in [0.15, 0.2) is 0 Å². The second-order valence-electron chi connectivity index (χ2n) is 3.85. The third-order valence-electron chi connectivity index (χ3n) is 2.24. The number of hydrogen-bond acceptors (Lipinski definition) is 2. The fraction of sp³-hybridized carbons (Fsp3) is 0.267. The summed E-state index contributed by atoms with van der Waals surface area (Å²) in [5, 5.41) is 0. The highest BCUT2D eigenvalue weighted by molar-refractivity contribution is 5.88. The van der Waals surface area contributed by atoms with Crippen LogP contribution in [0.2, 0.25) is 0 Å². The highest BCUT2D eigenvalue weighted by Crippen LogP contribution is 2.09. The molecular weight excluding hydrogens is 212 g/mol. The van der Waals surface area contributed by atoms with E-state index in [1.54, 1.807) is 13.8 Å². The first kappa shape index (κ1) is 13.2. The fourth-order valence-corrected chi connectivity index (χ4v) is 1.50. The summed E-state index contributed by atoms with van der Waals surface area (Å²) in [6, 6.07) is 10.0. The molecule has 2 nitrogen and oxygen atoms in total. The molecule has 0 saturated heterocycles. The van der Waals surface area contributed by atoms with Crippen molar-refractivity contribution in [1.29, 1.82) is 0 Å². The molecule has 0 radical (unpaired) electrons. The van der Waals surface area contributed by atoms with Gasteiger partial charge in [0.25, 0.3) is 0 Å². The van der Waals surface area contributed by atoms with E-state index in [9.17, 15) is 4.79 Å². The van der Waals surface area contributed by atoms with Gasteiger partial charge < -0.3 is 4.74 Å². The van der Waals surface area contributed by atoms with E-state index >= 15 is 0 Å². The zero-order valence-electron chi connectivity index (χ0n) is 10.6. The standard InChI is InChI=1S/C15H18O2/c1-4-17-15(16)13(3)10-12(2)11-14-8-6-5-7-9-14/h5-11H,4H2,1-3H3/b12-11+,13-10+. The summed E-state index contributed by atoms with van der Waals surface area (Å²) in [7, 11) is 0. The number of carbonyl (C=O) groups is 1. The molecule has 90 valence electrons. The number of allylic oxidation sites excluding steroid dienone is 2. The summed E-state index contributed by atoms with van der Waals surface area (Å²) >= 11 is 0. The Hall–Kier alpha value is -1.83. The third kappa shape index (κ3) is 4.68. The molecule has 0 aliphatic rings. The molecule has 1 aromatic rings. The van der Waals surface area contributed by atoms with E-state index in [-0.39, 0.29) is 5.97 Å². The fourth-order valence-electron chi connectivity index (χ4n) is 1.50. The average Bonchev–Trinajstić information content (AvgIpc) is 2.30. The molecule has 0 aromatic heterocycles. The zero-order valence-corrected chi connectivity index (χ0v) is 10.6. The Bertz CT molecular complexity index is 427. The van der Waals surface area contributed by atoms with Crippen molar-refractivity contribution < 1.29 is 9.53 Å². The maximum absolute atomic E-state index is 11.4. The third-order valence-corrected chi connectivity index (χ3v) is 2.24. The van der Waals surface area contributed by atoms with Gasteiger partial charge in [0.05, 0.1) is 6.61 Å². The predicted molar refractivity (Wildman–Crippen MR) is 70.5 cm³/mol. The number of rotatable bonds is 4. The van der Waals surface area contributed by atoms with Crippen molar-refractivity contribution >= 4 is 12.0 Å². The SMILES string of the molecule is CCOC(=O)/C(C)=C/C(C)=C/c1ccccc1. The van der Waals surface area contributed by atoms with Crippen LogP contribution in [-0.2, 0) is 9.53 Å². The van der Waals surface area contributed by atoms with Crippen molar-refractivity contribution in [2.24, 2.45) is 0 Å². The summed E-state index contributed by atoms with van der Waals surface area (Å²) < 4.78 is 4.92. The molecule has 0 heterocycles. The molecule has 0 spiro atoms. The van der Waals surface area contributed by atoms with Gasteiger partial charge in [-0.1, -0.05) is 42.0 Å². The molecule has 0 N–H and O–H groups in total. The smallest absolute Gasteiger partial charge is 0.333 e. The molecule has 17 heavy (non-hydrogen) atoms. The summed E-state index contributed by atoms with van der Waals surface area (Å²) in [5.41, 5.74) is 2.77. The maximum atomic E-state index is 11.4. The minimum Gasteiger partial charge on any atom is -0.463 e. The van der Waals surface area contributed by atoms with Crippen molar-refractivity contribution in [3.05, 3.63) is 53.1 Å². The molecule has 0 amide bonds. The van der Waals surface area contributed by atoms with Crippen molar-refractivity contribution in [3.63, 3.8) is 0 Å². The lowest BCUT2D eigenvalue weighted by Crippen LogP contribution is -2.05. The highest BCUT2D eigenvalue weighted by atomic mass is 16.5. The number of esters is 1. The highest BCUT2D eigenvalue weighted by Gasteiger charge is 2.03. The topological polar surface area (TPSA) is 26.3 Å². The molecule has 0 atom stereocenters. The molecule has 1 aromatic carbocycles. The molecule has 0 fully saturated rings. The van der Waals surface area contributed by atoms with Crippen LogP contribution in [0.15, 0.2) is 47.6 Å². The van der Waals surface area contributed by atoms with Crippen LogP contribution in [0.1, 0.15) is 26.3 Å². The van der Waals surface area contributed by atoms with Crippen molar-refractivity contribution in [2.45, 2.75) is 20.8 Å². The van der Waals surface area contributed by atoms with Crippen molar-refractivity contribution in [1.82, 2.24) is 0 Å². The maximum Gasteiger partial charge on any atom is 0.333 e. The van der Waals surface area contributed by atoms with Crippen LogP contribution in [0.25, 0.3) is 6.08 Å². The molecule has 2 heteroatoms. The lowest BCUT2D eigenvalue weighted by molar-refractivity contribution is -0.138. The van der Waals surface area contributed by atoms with Gasteiger partial charge in [-0.05, 0) is 32.4 Å². The van der Waals surface area contributed by atoms with Crippen molar-refractivity contribution in [3.8, 4) is 0 Å². The second kappa shape index (κ2) is 6.69. The van der Waals surface area contributed by atoms with Crippen molar-refractivity contribution in [2.75, 3.05) is 6.61 Å². The van der Waals surface area contributed by atoms with Gasteiger partial charge >= 0.3 is 5.97 Å². The van der Waals surface area contributed by atoms with E-state index in [2.05, 4.69) is 0 Å². The quantitative estimate of drug-likeness (QED) is 0.449. The Morgan fingerprint density at radius 3 is 2.47 bits per heavy atom. The second-order valence-corrected chi connectivity index (χ2v) is 3.85. The van der Waals surface area contributed by atoms with E-state index in [1.807, 2.05) is 49.4 Å². The molecule has 0 aliphatic carbocycles. The summed E-state index contributed by atoms with van der Waals surface area (Å²) in [6.07, 6.45) is 3.87. The van der Waals surface area contributed by atoms with E-state index < -0.39 is 0 Å². The first-order chi connectivity index (χ1) is 8.13. The first-order valence-electron chi connectivity index (χ1n) is 5.72. The molecule has 0 saturated carbocycles. The molecule has 1 rings (SSSR count). The first-order valence-corrected chi connectivity index (χ1v) is 5.72. The summed E-state index contributed by atoms with van der Waals surface area (Å²) in [4.78, 5) is 11.4. The Kier molecular flexibility index (Phi) is 5.21. The van der Waals surface area contributed by atoms with Gasteiger partial charge in [0, 0.05) is 5.57 Å². The normalized spacial score (nSPS) is 12.4. The summed E-state index contributed by atoms with van der Waals surface area (Å²) in [5.74, 6) is -0.256. The lowest BCUT2D eigenvalue weighted by Gasteiger charge is -2.01. The Morgan fingerprint density at radius 1 is 1.24 bits per heavy atom. The Balaban J connectivity index is 2.77. The van der Waals surface area contributed by atoms with Gasteiger partial charge in [-0.25, -0.2) is 4.79 Å². The molecular formula is C15H18O2. The number of carbonyl (C=O) groups excluding carboxylic acids is 1. The Morgan fingerprint density at radius 2 is 1.88 bits per heavy atom. The monoisotopic (exact) mass is 230 g/mol. The van der Waals surface area contributed by atoms with Gasteiger partial charge in [-0.3, -0.25) is 0 Å². The minimum absolute atomic E-state index is 0.256. The molecule has 0 aliphatic heterocycles. The van der Waals surface area contributed by atoms with Crippen LogP contribution >= 0.6 is 0 Å². The van der Waals surface area contributed by atoms with Crippen LogP contribution in [0.5, 0.6) is 0 Å². The van der Waals surface area contributed by atoms with Crippen LogP contribution < -0.4 is 0 Å². The van der Waals surface area contributed by atoms with E-state index in [4.69, 9.17) is 4.74 Å². The van der Waals surface area contributed by atoms with Crippen LogP contribution in [-0.4, -0.2) is 12.6 Å². The predicted octanol–water partition coefficient (Wildman–Crippen LogP) is 3.60. The van der Waals surface area contributed by atoms with Gasteiger partial charge in [-0.15, -0.1) is 0 Å².